The third kappa shape index (κ3) is 2.42. The summed E-state index contributed by atoms with van der Waals surface area (Å²) in [5, 5.41) is 4.61. The molecule has 114 valence electrons. The Morgan fingerprint density at radius 1 is 1.22 bits per heavy atom. The average Bonchev–Trinajstić information content (AvgIpc) is 3.17. The minimum Gasteiger partial charge on any atom is -0.490 e. The molecule has 1 aliphatic rings. The molecule has 3 aromatic rings. The van der Waals surface area contributed by atoms with Crippen molar-refractivity contribution < 1.29 is 9.53 Å². The van der Waals surface area contributed by atoms with Gasteiger partial charge in [0.25, 0.3) is 0 Å². The largest absolute Gasteiger partial charge is 0.490 e. The summed E-state index contributed by atoms with van der Waals surface area (Å²) in [6, 6.07) is 15.8. The number of hydrogen-bond donors (Lipinski definition) is 0. The summed E-state index contributed by atoms with van der Waals surface area (Å²) in [7, 11) is 0. The van der Waals surface area contributed by atoms with Crippen molar-refractivity contribution >= 4 is 6.29 Å². The number of carbonyl (C=O) groups is 1. The van der Waals surface area contributed by atoms with Crippen LogP contribution in [0.15, 0.2) is 54.7 Å². The smallest absolute Gasteiger partial charge is 0.153 e. The molecule has 1 aliphatic heterocycles. The average molecular weight is 304 g/mol. The fraction of sp³-hybridized carbons (Fsp3) is 0.158. The van der Waals surface area contributed by atoms with E-state index < -0.39 is 0 Å². The van der Waals surface area contributed by atoms with E-state index in [2.05, 4.69) is 18.1 Å². The van der Waals surface area contributed by atoms with Gasteiger partial charge in [0.1, 0.15) is 17.5 Å². The molecule has 0 aliphatic carbocycles. The number of aldehydes is 1. The van der Waals surface area contributed by atoms with Crippen LogP contribution >= 0.6 is 0 Å². The van der Waals surface area contributed by atoms with Crippen LogP contribution in [0.5, 0.6) is 5.75 Å². The summed E-state index contributed by atoms with van der Waals surface area (Å²) < 4.78 is 7.48. The molecule has 1 unspecified atom stereocenters. The quantitative estimate of drug-likeness (QED) is 0.693. The number of rotatable bonds is 3. The zero-order chi connectivity index (χ0) is 15.8. The van der Waals surface area contributed by atoms with Crippen LogP contribution in [0.4, 0.5) is 0 Å². The van der Waals surface area contributed by atoms with Gasteiger partial charge in [0.15, 0.2) is 6.29 Å². The number of fused-ring (bicyclic) bond motifs is 1. The summed E-state index contributed by atoms with van der Waals surface area (Å²) in [5.74, 6) is 0.927. The lowest BCUT2D eigenvalue weighted by Gasteiger charge is -2.03. The Morgan fingerprint density at radius 2 is 2.04 bits per heavy atom. The van der Waals surface area contributed by atoms with Crippen LogP contribution in [0.1, 0.15) is 22.8 Å². The first kappa shape index (κ1) is 13.8. The van der Waals surface area contributed by atoms with Crippen LogP contribution in [0, 0.1) is 0 Å². The van der Waals surface area contributed by atoms with Gasteiger partial charge < -0.3 is 4.74 Å². The van der Waals surface area contributed by atoms with Crippen molar-refractivity contribution in [3.63, 3.8) is 0 Å². The molecule has 0 amide bonds. The number of benzene rings is 2. The predicted octanol–water partition coefficient (Wildman–Crippen LogP) is 3.68. The lowest BCUT2D eigenvalue weighted by Crippen LogP contribution is -2.05. The number of aromatic nitrogens is 2. The Hall–Kier alpha value is -2.88. The Bertz CT molecular complexity index is 868. The Morgan fingerprint density at radius 3 is 2.83 bits per heavy atom. The molecular weight excluding hydrogens is 288 g/mol. The highest BCUT2D eigenvalue weighted by Crippen LogP contribution is 2.33. The zero-order valence-corrected chi connectivity index (χ0v) is 12.8. The van der Waals surface area contributed by atoms with Crippen molar-refractivity contribution in [2.24, 2.45) is 0 Å². The summed E-state index contributed by atoms with van der Waals surface area (Å²) in [6.07, 6.45) is 3.71. The number of ether oxygens (including phenoxy) is 1. The monoisotopic (exact) mass is 304 g/mol. The first-order chi connectivity index (χ1) is 11.2. The first-order valence-electron chi connectivity index (χ1n) is 7.65. The second-order valence-corrected chi connectivity index (χ2v) is 5.79. The van der Waals surface area contributed by atoms with Crippen molar-refractivity contribution in [2.75, 3.05) is 0 Å². The normalized spacial score (nSPS) is 16.0. The highest BCUT2D eigenvalue weighted by atomic mass is 16.5. The van der Waals surface area contributed by atoms with Gasteiger partial charge in [-0.1, -0.05) is 18.2 Å². The van der Waals surface area contributed by atoms with Gasteiger partial charge in [-0.2, -0.15) is 5.10 Å². The van der Waals surface area contributed by atoms with E-state index in [0.29, 0.717) is 11.3 Å². The van der Waals surface area contributed by atoms with E-state index in [0.717, 1.165) is 29.7 Å². The van der Waals surface area contributed by atoms with Crippen LogP contribution in [-0.4, -0.2) is 22.2 Å². The molecule has 0 spiro atoms. The fourth-order valence-electron chi connectivity index (χ4n) is 2.98. The summed E-state index contributed by atoms with van der Waals surface area (Å²) in [4.78, 5) is 11.5. The van der Waals surface area contributed by atoms with E-state index >= 15 is 0 Å². The van der Waals surface area contributed by atoms with E-state index in [1.165, 1.54) is 5.56 Å². The summed E-state index contributed by atoms with van der Waals surface area (Å²) in [6.45, 7) is 2.06. The third-order valence-electron chi connectivity index (χ3n) is 4.06. The highest BCUT2D eigenvalue weighted by molar-refractivity contribution is 5.86. The first-order valence-corrected chi connectivity index (χ1v) is 7.65. The molecular formula is C19H16N2O2. The van der Waals surface area contributed by atoms with E-state index in [9.17, 15) is 4.79 Å². The van der Waals surface area contributed by atoms with Gasteiger partial charge >= 0.3 is 0 Å². The molecule has 0 fully saturated rings. The molecule has 0 radical (unpaired) electrons. The standard InChI is InChI=1S/C19H16N2O2/c1-13-9-15-10-14(7-8-18(15)23-13)19-16(12-22)11-21(20-19)17-5-3-2-4-6-17/h2-8,10-13H,9H2,1H3. The molecule has 2 heterocycles. The number of nitrogens with zero attached hydrogens (tertiary/aromatic N) is 2. The molecule has 23 heavy (non-hydrogen) atoms. The molecule has 4 nitrogen and oxygen atoms in total. The molecule has 0 N–H and O–H groups in total. The summed E-state index contributed by atoms with van der Waals surface area (Å²) >= 11 is 0. The van der Waals surface area contributed by atoms with Crippen LogP contribution in [0.3, 0.4) is 0 Å². The molecule has 1 aromatic heterocycles. The van der Waals surface area contributed by atoms with Gasteiger partial charge in [-0.3, -0.25) is 4.79 Å². The number of para-hydroxylation sites is 1. The van der Waals surface area contributed by atoms with E-state index in [-0.39, 0.29) is 6.10 Å². The minimum atomic E-state index is 0.202. The highest BCUT2D eigenvalue weighted by Gasteiger charge is 2.20. The van der Waals surface area contributed by atoms with E-state index in [4.69, 9.17) is 4.74 Å². The topological polar surface area (TPSA) is 44.1 Å². The fourth-order valence-corrected chi connectivity index (χ4v) is 2.98. The van der Waals surface area contributed by atoms with Gasteiger partial charge in [-0.05, 0) is 42.8 Å². The van der Waals surface area contributed by atoms with Crippen molar-refractivity contribution in [1.29, 1.82) is 0 Å². The zero-order valence-electron chi connectivity index (χ0n) is 12.8. The number of carbonyl (C=O) groups excluding carboxylic acids is 1. The maximum absolute atomic E-state index is 11.5. The molecule has 4 rings (SSSR count). The van der Waals surface area contributed by atoms with Gasteiger partial charge in [0.2, 0.25) is 0 Å². The predicted molar refractivity (Wildman–Crippen MR) is 88.2 cm³/mol. The minimum absolute atomic E-state index is 0.202. The molecule has 0 saturated heterocycles. The maximum Gasteiger partial charge on any atom is 0.153 e. The number of hydrogen-bond acceptors (Lipinski definition) is 3. The Kier molecular flexibility index (Phi) is 3.23. The maximum atomic E-state index is 11.5. The van der Waals surface area contributed by atoms with Gasteiger partial charge in [0, 0.05) is 18.2 Å². The van der Waals surface area contributed by atoms with Crippen LogP contribution in [0.25, 0.3) is 16.9 Å². The van der Waals surface area contributed by atoms with Crippen LogP contribution < -0.4 is 4.74 Å². The van der Waals surface area contributed by atoms with Crippen molar-refractivity contribution in [3.8, 4) is 22.7 Å². The Labute approximate surface area is 134 Å². The van der Waals surface area contributed by atoms with Crippen molar-refractivity contribution in [2.45, 2.75) is 19.4 Å². The molecule has 4 heteroatoms. The van der Waals surface area contributed by atoms with Gasteiger partial charge in [-0.25, -0.2) is 4.68 Å². The van der Waals surface area contributed by atoms with E-state index in [1.54, 1.807) is 10.9 Å². The molecule has 0 bridgehead atoms. The van der Waals surface area contributed by atoms with Gasteiger partial charge in [0.05, 0.1) is 11.3 Å². The van der Waals surface area contributed by atoms with Crippen molar-refractivity contribution in [3.05, 3.63) is 65.9 Å². The summed E-state index contributed by atoms with van der Waals surface area (Å²) in [5.41, 5.74) is 4.33. The lowest BCUT2D eigenvalue weighted by atomic mass is 10.0. The van der Waals surface area contributed by atoms with Gasteiger partial charge in [-0.15, -0.1) is 0 Å². The molecule has 1 atom stereocenters. The molecule has 2 aromatic carbocycles. The third-order valence-corrected chi connectivity index (χ3v) is 4.06. The molecule has 0 saturated carbocycles. The SMILES string of the molecule is CC1Cc2cc(-c3nn(-c4ccccc4)cc3C=O)ccc2O1. The van der Waals surface area contributed by atoms with E-state index in [1.807, 2.05) is 42.5 Å². The van der Waals surface area contributed by atoms with Crippen LogP contribution in [-0.2, 0) is 6.42 Å². The second-order valence-electron chi connectivity index (χ2n) is 5.79. The Balaban J connectivity index is 1.79. The second kappa shape index (κ2) is 5.39. The lowest BCUT2D eigenvalue weighted by molar-refractivity contribution is 0.112. The van der Waals surface area contributed by atoms with Crippen molar-refractivity contribution in [1.82, 2.24) is 9.78 Å². The van der Waals surface area contributed by atoms with Crippen LogP contribution in [0.2, 0.25) is 0 Å².